The fourth-order valence-corrected chi connectivity index (χ4v) is 1.96. The van der Waals surface area contributed by atoms with Gasteiger partial charge in [0.05, 0.1) is 0 Å². The fraction of sp³-hybridized carbons (Fsp3) is 0.867. The largest absolute Gasteiger partial charge is 0.481 e. The van der Waals surface area contributed by atoms with E-state index in [2.05, 4.69) is 12.2 Å². The van der Waals surface area contributed by atoms with Gasteiger partial charge in [-0.05, 0) is 19.3 Å². The van der Waals surface area contributed by atoms with Crippen molar-refractivity contribution in [2.45, 2.75) is 77.6 Å². The average molecular weight is 271 g/mol. The molecule has 0 aromatic carbocycles. The molecule has 4 nitrogen and oxygen atoms in total. The standard InChI is InChI=1S/C15H29NO3/c1-2-3-4-5-6-7-10-13-16-14(17)11-8-9-12-15(18)19/h2-13H2,1H3,(H,16,17)(H,18,19). The van der Waals surface area contributed by atoms with Crippen LogP contribution in [-0.4, -0.2) is 23.5 Å². The van der Waals surface area contributed by atoms with Gasteiger partial charge in [-0.25, -0.2) is 0 Å². The van der Waals surface area contributed by atoms with Crippen molar-refractivity contribution < 1.29 is 14.7 Å². The number of amides is 1. The molecule has 0 heterocycles. The lowest BCUT2D eigenvalue weighted by atomic mass is 10.1. The van der Waals surface area contributed by atoms with Crippen LogP contribution in [0.15, 0.2) is 0 Å². The van der Waals surface area contributed by atoms with Crippen LogP contribution in [0.5, 0.6) is 0 Å². The average Bonchev–Trinajstić information content (AvgIpc) is 2.37. The first kappa shape index (κ1) is 17.9. The van der Waals surface area contributed by atoms with Crippen molar-refractivity contribution in [2.24, 2.45) is 0 Å². The van der Waals surface area contributed by atoms with Crippen LogP contribution in [0.3, 0.4) is 0 Å². The Morgan fingerprint density at radius 2 is 1.42 bits per heavy atom. The number of carboxylic acids is 1. The van der Waals surface area contributed by atoms with E-state index in [0.717, 1.165) is 13.0 Å². The van der Waals surface area contributed by atoms with Gasteiger partial charge in [0.25, 0.3) is 0 Å². The highest BCUT2D eigenvalue weighted by molar-refractivity contribution is 5.75. The molecular formula is C15H29NO3. The highest BCUT2D eigenvalue weighted by atomic mass is 16.4. The molecule has 0 saturated heterocycles. The molecule has 19 heavy (non-hydrogen) atoms. The lowest BCUT2D eigenvalue weighted by Gasteiger charge is -2.05. The monoisotopic (exact) mass is 271 g/mol. The summed E-state index contributed by atoms with van der Waals surface area (Å²) < 4.78 is 0. The number of carboxylic acid groups (broad SMARTS) is 1. The summed E-state index contributed by atoms with van der Waals surface area (Å²) in [5, 5.41) is 11.3. The molecule has 0 fully saturated rings. The molecule has 0 unspecified atom stereocenters. The molecule has 0 rings (SSSR count). The molecule has 0 aliphatic heterocycles. The van der Waals surface area contributed by atoms with Gasteiger partial charge < -0.3 is 10.4 Å². The van der Waals surface area contributed by atoms with Gasteiger partial charge >= 0.3 is 5.97 Å². The molecule has 4 heteroatoms. The van der Waals surface area contributed by atoms with E-state index in [1.54, 1.807) is 0 Å². The van der Waals surface area contributed by atoms with E-state index in [1.807, 2.05) is 0 Å². The Bertz CT molecular complexity index is 242. The van der Waals surface area contributed by atoms with Crippen molar-refractivity contribution in [1.82, 2.24) is 5.32 Å². The summed E-state index contributed by atoms with van der Waals surface area (Å²) in [6.45, 7) is 2.97. The second-order valence-corrected chi connectivity index (χ2v) is 5.07. The first-order chi connectivity index (χ1) is 9.16. The first-order valence-corrected chi connectivity index (χ1v) is 7.65. The maximum Gasteiger partial charge on any atom is 0.303 e. The topological polar surface area (TPSA) is 66.4 Å². The summed E-state index contributed by atoms with van der Waals surface area (Å²) in [5.74, 6) is -0.736. The number of unbranched alkanes of at least 4 members (excludes halogenated alkanes) is 7. The number of aliphatic carboxylic acids is 1. The molecule has 0 bridgehead atoms. The van der Waals surface area contributed by atoms with Gasteiger partial charge in [0.1, 0.15) is 0 Å². The minimum absolute atomic E-state index is 0.0522. The van der Waals surface area contributed by atoms with Gasteiger partial charge in [-0.1, -0.05) is 45.4 Å². The molecule has 2 N–H and O–H groups in total. The number of carbonyl (C=O) groups excluding carboxylic acids is 1. The van der Waals surface area contributed by atoms with Crippen LogP contribution in [-0.2, 0) is 9.59 Å². The van der Waals surface area contributed by atoms with Gasteiger partial charge in [0, 0.05) is 19.4 Å². The molecule has 0 aromatic heterocycles. The Balaban J connectivity index is 3.18. The van der Waals surface area contributed by atoms with Gasteiger partial charge in [-0.15, -0.1) is 0 Å². The molecule has 0 radical (unpaired) electrons. The smallest absolute Gasteiger partial charge is 0.303 e. The maximum atomic E-state index is 11.4. The Hall–Kier alpha value is -1.06. The van der Waals surface area contributed by atoms with Crippen LogP contribution < -0.4 is 5.32 Å². The van der Waals surface area contributed by atoms with E-state index in [4.69, 9.17) is 5.11 Å². The van der Waals surface area contributed by atoms with Crippen LogP contribution in [0, 0.1) is 0 Å². The summed E-state index contributed by atoms with van der Waals surface area (Å²) in [4.78, 5) is 21.7. The SMILES string of the molecule is CCCCCCCCCNC(=O)CCCCC(=O)O. The van der Waals surface area contributed by atoms with Crippen molar-refractivity contribution in [3.63, 3.8) is 0 Å². The Morgan fingerprint density at radius 1 is 0.842 bits per heavy atom. The van der Waals surface area contributed by atoms with Gasteiger partial charge in [0.15, 0.2) is 0 Å². The summed E-state index contributed by atoms with van der Waals surface area (Å²) in [6, 6.07) is 0. The number of hydrogen-bond acceptors (Lipinski definition) is 2. The van der Waals surface area contributed by atoms with E-state index < -0.39 is 5.97 Å². The molecule has 0 atom stereocenters. The van der Waals surface area contributed by atoms with Crippen LogP contribution in [0.2, 0.25) is 0 Å². The lowest BCUT2D eigenvalue weighted by Crippen LogP contribution is -2.24. The minimum atomic E-state index is -0.788. The highest BCUT2D eigenvalue weighted by Gasteiger charge is 2.02. The summed E-state index contributed by atoms with van der Waals surface area (Å²) in [7, 11) is 0. The number of rotatable bonds is 13. The normalized spacial score (nSPS) is 10.4. The van der Waals surface area contributed by atoms with Crippen molar-refractivity contribution in [1.29, 1.82) is 0 Å². The van der Waals surface area contributed by atoms with Crippen molar-refractivity contribution in [3.05, 3.63) is 0 Å². The maximum absolute atomic E-state index is 11.4. The van der Waals surface area contributed by atoms with Gasteiger partial charge in [0.2, 0.25) is 5.91 Å². The van der Waals surface area contributed by atoms with Crippen LogP contribution in [0.4, 0.5) is 0 Å². The van der Waals surface area contributed by atoms with Crippen LogP contribution in [0.25, 0.3) is 0 Å². The molecule has 0 spiro atoms. The minimum Gasteiger partial charge on any atom is -0.481 e. The third-order valence-corrected chi connectivity index (χ3v) is 3.15. The number of hydrogen-bond donors (Lipinski definition) is 2. The van der Waals surface area contributed by atoms with E-state index in [-0.39, 0.29) is 12.3 Å². The lowest BCUT2D eigenvalue weighted by molar-refractivity contribution is -0.137. The molecular weight excluding hydrogens is 242 g/mol. The molecule has 0 aliphatic rings. The van der Waals surface area contributed by atoms with E-state index in [0.29, 0.717) is 19.3 Å². The van der Waals surface area contributed by atoms with E-state index >= 15 is 0 Å². The third-order valence-electron chi connectivity index (χ3n) is 3.15. The summed E-state index contributed by atoms with van der Waals surface area (Å²) >= 11 is 0. The zero-order chi connectivity index (χ0) is 14.3. The molecule has 112 valence electrons. The van der Waals surface area contributed by atoms with E-state index in [1.165, 1.54) is 38.5 Å². The third kappa shape index (κ3) is 14.9. The van der Waals surface area contributed by atoms with Crippen molar-refractivity contribution in [2.75, 3.05) is 6.54 Å². The van der Waals surface area contributed by atoms with Crippen molar-refractivity contribution >= 4 is 11.9 Å². The highest BCUT2D eigenvalue weighted by Crippen LogP contribution is 2.06. The van der Waals surface area contributed by atoms with Gasteiger partial charge in [-0.2, -0.15) is 0 Å². The second-order valence-electron chi connectivity index (χ2n) is 5.07. The summed E-state index contributed by atoms with van der Waals surface area (Å²) in [5.41, 5.74) is 0. The Morgan fingerprint density at radius 3 is 2.05 bits per heavy atom. The zero-order valence-electron chi connectivity index (χ0n) is 12.2. The number of carbonyl (C=O) groups is 2. The van der Waals surface area contributed by atoms with Crippen LogP contribution >= 0.6 is 0 Å². The van der Waals surface area contributed by atoms with Crippen LogP contribution in [0.1, 0.15) is 77.6 Å². The second kappa shape index (κ2) is 13.4. The summed E-state index contributed by atoms with van der Waals surface area (Å²) in [6.07, 6.45) is 10.6. The van der Waals surface area contributed by atoms with Crippen molar-refractivity contribution in [3.8, 4) is 0 Å². The molecule has 0 aromatic rings. The molecule has 0 saturated carbocycles. The quantitative estimate of drug-likeness (QED) is 0.504. The predicted octanol–water partition coefficient (Wildman–Crippen LogP) is 3.50. The zero-order valence-corrected chi connectivity index (χ0v) is 12.2. The van der Waals surface area contributed by atoms with E-state index in [9.17, 15) is 9.59 Å². The first-order valence-electron chi connectivity index (χ1n) is 7.65. The van der Waals surface area contributed by atoms with Gasteiger partial charge in [-0.3, -0.25) is 9.59 Å². The fourth-order valence-electron chi connectivity index (χ4n) is 1.96. The Labute approximate surface area is 117 Å². The Kier molecular flexibility index (Phi) is 12.6. The number of nitrogens with one attached hydrogen (secondary N) is 1. The molecule has 1 amide bonds. The molecule has 0 aliphatic carbocycles. The predicted molar refractivity (Wildman–Crippen MR) is 77.1 cm³/mol.